The molecule has 13 nitrogen and oxygen atoms in total. The minimum atomic E-state index is -3.38. The van der Waals surface area contributed by atoms with E-state index in [0.717, 1.165) is 0 Å². The first-order valence-electron chi connectivity index (χ1n) is 16.6. The Kier molecular flexibility index (Phi) is 11.3. The van der Waals surface area contributed by atoms with Crippen LogP contribution in [0.5, 0.6) is 0 Å². The number of fused-ring (bicyclic) bond motifs is 1. The Hall–Kier alpha value is -2.74. The Bertz CT molecular complexity index is 1300. The van der Waals surface area contributed by atoms with Crippen LogP contribution in [0, 0.1) is 28.1 Å². The minimum Gasteiger partial charge on any atom is -0.350 e. The van der Waals surface area contributed by atoms with E-state index in [9.17, 15) is 32.4 Å². The average Bonchev–Trinajstić information content (AvgIpc) is 3.23. The van der Waals surface area contributed by atoms with Gasteiger partial charge in [-0.3, -0.25) is 19.2 Å². The Morgan fingerprint density at radius 1 is 0.935 bits per heavy atom. The number of ketones is 1. The maximum atomic E-state index is 14.3. The number of carbonyl (C=O) groups excluding carboxylic acids is 5. The van der Waals surface area contributed by atoms with Crippen LogP contribution < -0.4 is 21.3 Å². The predicted molar refractivity (Wildman–Crippen MR) is 175 cm³/mol. The summed E-state index contributed by atoms with van der Waals surface area (Å²) in [7, 11) is -3.38. The smallest absolute Gasteiger partial charge is 0.315 e. The molecular weight excluding hydrogens is 612 g/mol. The van der Waals surface area contributed by atoms with Crippen LogP contribution >= 0.6 is 0 Å². The van der Waals surface area contributed by atoms with Gasteiger partial charge in [-0.2, -0.15) is 4.31 Å². The molecule has 1 aliphatic carbocycles. The monoisotopic (exact) mass is 668 g/mol. The van der Waals surface area contributed by atoms with Crippen LogP contribution in [0.15, 0.2) is 0 Å². The molecule has 3 rings (SSSR count). The first kappa shape index (κ1) is 37.7. The van der Waals surface area contributed by atoms with E-state index in [1.165, 1.54) is 9.21 Å². The van der Waals surface area contributed by atoms with Gasteiger partial charge in [0.05, 0.1) is 11.8 Å². The fraction of sp³-hybridized carbons (Fsp3) is 0.844. The molecule has 0 aromatic heterocycles. The minimum absolute atomic E-state index is 0.0676. The molecule has 2 aliphatic heterocycles. The molecule has 0 aromatic rings. The van der Waals surface area contributed by atoms with Gasteiger partial charge >= 0.3 is 6.03 Å². The number of hydrogen-bond acceptors (Lipinski definition) is 7. The van der Waals surface area contributed by atoms with Crippen molar-refractivity contribution in [3.05, 3.63) is 0 Å². The quantitative estimate of drug-likeness (QED) is 0.229. The van der Waals surface area contributed by atoms with Crippen molar-refractivity contribution in [1.29, 1.82) is 0 Å². The summed E-state index contributed by atoms with van der Waals surface area (Å²) in [5.74, 6) is -2.37. The van der Waals surface area contributed by atoms with Crippen LogP contribution in [0.2, 0.25) is 0 Å². The van der Waals surface area contributed by atoms with E-state index in [-0.39, 0.29) is 42.5 Å². The van der Waals surface area contributed by atoms with Crippen molar-refractivity contribution in [2.45, 2.75) is 113 Å². The van der Waals surface area contributed by atoms with Gasteiger partial charge in [-0.05, 0) is 47.8 Å². The summed E-state index contributed by atoms with van der Waals surface area (Å²) in [6.07, 6.45) is 1.37. The third-order valence-electron chi connectivity index (χ3n) is 9.86. The summed E-state index contributed by atoms with van der Waals surface area (Å²) in [4.78, 5) is 68.4. The Balaban J connectivity index is 1.82. The molecule has 2 saturated heterocycles. The molecule has 4 N–H and O–H groups in total. The molecule has 0 spiro atoms. The van der Waals surface area contributed by atoms with E-state index in [2.05, 4.69) is 21.3 Å². The van der Waals surface area contributed by atoms with Crippen molar-refractivity contribution in [3.63, 3.8) is 0 Å². The van der Waals surface area contributed by atoms with Crippen LogP contribution in [0.25, 0.3) is 0 Å². The largest absolute Gasteiger partial charge is 0.350 e. The predicted octanol–water partition coefficient (Wildman–Crippen LogP) is 1.62. The molecule has 1 saturated carbocycles. The van der Waals surface area contributed by atoms with Gasteiger partial charge in [0.25, 0.3) is 5.91 Å². The fourth-order valence-electron chi connectivity index (χ4n) is 6.82. The molecule has 2 heterocycles. The molecule has 46 heavy (non-hydrogen) atoms. The van der Waals surface area contributed by atoms with E-state index in [1.807, 2.05) is 62.3 Å². The zero-order chi connectivity index (χ0) is 35.0. The van der Waals surface area contributed by atoms with E-state index in [0.29, 0.717) is 25.9 Å². The topological polar surface area (TPSA) is 174 Å². The lowest BCUT2D eigenvalue weighted by molar-refractivity contribution is -0.145. The zero-order valence-electron chi connectivity index (χ0n) is 29.3. The number of carbonyl (C=O) groups is 5. The highest BCUT2D eigenvalue weighted by molar-refractivity contribution is 7.89. The van der Waals surface area contributed by atoms with Crippen LogP contribution in [0.4, 0.5) is 4.79 Å². The standard InChI is InChI=1S/C32H56N6O7S/c1-11-14-20(24(39)27(41)33-12-2)34-26(40)23-22-19(32(22,9)10)17-38(23)28(42)25(31(6,7)8)36-29(43)35-21(30(3,4)5)18-37-15-13-16-46(37,44)45/h19-23,25H,11-18H2,1-10H3,(H,33,41)(H,34,40)(H2,35,36,43)/t19-,20?,21+,22-,23-,25+/m0/s1. The van der Waals surface area contributed by atoms with Crippen molar-refractivity contribution in [1.82, 2.24) is 30.5 Å². The lowest BCUT2D eigenvalue weighted by Gasteiger charge is -2.39. The third kappa shape index (κ3) is 8.21. The summed E-state index contributed by atoms with van der Waals surface area (Å²) < 4.78 is 26.4. The summed E-state index contributed by atoms with van der Waals surface area (Å²) in [5, 5.41) is 11.1. The van der Waals surface area contributed by atoms with Crippen molar-refractivity contribution in [3.8, 4) is 0 Å². The van der Waals surface area contributed by atoms with Crippen molar-refractivity contribution in [2.75, 3.05) is 31.9 Å². The maximum Gasteiger partial charge on any atom is 0.315 e. The van der Waals surface area contributed by atoms with Gasteiger partial charge in [0.1, 0.15) is 12.1 Å². The Morgan fingerprint density at radius 3 is 2.07 bits per heavy atom. The molecule has 262 valence electrons. The average molecular weight is 669 g/mol. The molecular formula is C32H56N6O7S. The van der Waals surface area contributed by atoms with Crippen LogP contribution in [0.1, 0.15) is 88.5 Å². The maximum absolute atomic E-state index is 14.3. The molecule has 0 bridgehead atoms. The lowest BCUT2D eigenvalue weighted by atomic mass is 9.85. The summed E-state index contributed by atoms with van der Waals surface area (Å²) in [6.45, 7) is 20.0. The third-order valence-corrected chi connectivity index (χ3v) is 11.8. The molecule has 0 radical (unpaired) electrons. The van der Waals surface area contributed by atoms with E-state index in [4.69, 9.17) is 0 Å². The number of nitrogens with zero attached hydrogens (tertiary/aromatic N) is 2. The number of rotatable bonds is 12. The molecule has 1 unspecified atom stereocenters. The lowest BCUT2D eigenvalue weighted by Crippen LogP contribution is -2.62. The number of Topliss-reactive ketones (excluding diaryl/α,β-unsaturated/α-hetero) is 1. The summed E-state index contributed by atoms with van der Waals surface area (Å²) >= 11 is 0. The van der Waals surface area contributed by atoms with Gasteiger partial charge in [0.2, 0.25) is 27.6 Å². The second-order valence-corrected chi connectivity index (χ2v) is 17.9. The van der Waals surface area contributed by atoms with Crippen molar-refractivity contribution < 1.29 is 32.4 Å². The van der Waals surface area contributed by atoms with Crippen LogP contribution in [-0.4, -0.2) is 103 Å². The van der Waals surface area contributed by atoms with E-state index in [1.54, 1.807) is 6.92 Å². The molecule has 14 heteroatoms. The second-order valence-electron chi connectivity index (χ2n) is 15.8. The number of likely N-dealkylation sites (tertiary alicyclic amines) is 1. The van der Waals surface area contributed by atoms with Crippen LogP contribution in [0.3, 0.4) is 0 Å². The highest BCUT2D eigenvalue weighted by atomic mass is 32.2. The highest BCUT2D eigenvalue weighted by Crippen LogP contribution is 2.65. The van der Waals surface area contributed by atoms with E-state index < -0.39 is 74.6 Å². The second kappa shape index (κ2) is 13.8. The van der Waals surface area contributed by atoms with Crippen molar-refractivity contribution in [2.24, 2.45) is 28.1 Å². The SMILES string of the molecule is CCCC(NC(=O)[C@@H]1[C@@H]2[C@H](CN1C(=O)[C@@H](NC(=O)N[C@H](CN1CCCS1(=O)=O)C(C)(C)C)C(C)(C)C)C2(C)C)C(=O)C(=O)NCC. The first-order chi connectivity index (χ1) is 21.1. The zero-order valence-corrected chi connectivity index (χ0v) is 30.1. The summed E-state index contributed by atoms with van der Waals surface area (Å²) in [5.41, 5.74) is -1.42. The molecule has 6 atom stereocenters. The number of piperidine rings is 1. The van der Waals surface area contributed by atoms with Gasteiger partial charge in [-0.25, -0.2) is 13.2 Å². The Morgan fingerprint density at radius 2 is 1.57 bits per heavy atom. The normalized spacial score (nSPS) is 25.5. The molecule has 3 aliphatic rings. The van der Waals surface area contributed by atoms with Gasteiger partial charge in [-0.1, -0.05) is 68.7 Å². The summed E-state index contributed by atoms with van der Waals surface area (Å²) in [6, 6.07) is -4.04. The first-order valence-corrected chi connectivity index (χ1v) is 18.2. The van der Waals surface area contributed by atoms with E-state index >= 15 is 0 Å². The number of nitrogens with one attached hydrogen (secondary N) is 4. The number of amides is 5. The fourth-order valence-corrected chi connectivity index (χ4v) is 8.35. The number of urea groups is 1. The number of sulfonamides is 1. The van der Waals surface area contributed by atoms with Gasteiger partial charge in [0, 0.05) is 32.2 Å². The number of likely N-dealkylation sites (N-methyl/N-ethyl adjacent to an activating group) is 1. The van der Waals surface area contributed by atoms with Crippen LogP contribution in [-0.2, 0) is 29.2 Å². The molecule has 0 aromatic carbocycles. The van der Waals surface area contributed by atoms with Gasteiger partial charge in [0.15, 0.2) is 0 Å². The molecule has 5 amide bonds. The van der Waals surface area contributed by atoms with Crippen molar-refractivity contribution >= 4 is 39.6 Å². The molecule has 3 fully saturated rings. The highest BCUT2D eigenvalue weighted by Gasteiger charge is 2.70. The Labute approximate surface area is 274 Å². The van der Waals surface area contributed by atoms with Gasteiger partial charge in [-0.15, -0.1) is 0 Å². The number of hydrogen-bond donors (Lipinski definition) is 4. The van der Waals surface area contributed by atoms with Gasteiger partial charge < -0.3 is 26.2 Å².